The van der Waals surface area contributed by atoms with Crippen molar-refractivity contribution < 1.29 is 19.4 Å². The van der Waals surface area contributed by atoms with E-state index in [0.29, 0.717) is 17.9 Å². The van der Waals surface area contributed by atoms with Crippen LogP contribution in [0.3, 0.4) is 0 Å². The van der Waals surface area contributed by atoms with Crippen molar-refractivity contribution in [2.75, 3.05) is 0 Å². The molecule has 31 heavy (non-hydrogen) atoms. The summed E-state index contributed by atoms with van der Waals surface area (Å²) in [5.74, 6) is -0.434. The summed E-state index contributed by atoms with van der Waals surface area (Å²) in [5, 5.41) is 12.5. The minimum Gasteiger partial charge on any atom is -0.489 e. The van der Waals surface area contributed by atoms with E-state index in [1.54, 1.807) is 31.2 Å². The van der Waals surface area contributed by atoms with E-state index in [1.165, 1.54) is 6.08 Å². The molecule has 0 bridgehead atoms. The fourth-order valence-corrected chi connectivity index (χ4v) is 3.10. The predicted octanol–water partition coefficient (Wildman–Crippen LogP) is 4.64. The lowest BCUT2D eigenvalue weighted by Crippen LogP contribution is -2.37. The molecule has 0 fully saturated rings. The van der Waals surface area contributed by atoms with E-state index in [-0.39, 0.29) is 12.2 Å². The van der Waals surface area contributed by atoms with E-state index < -0.39 is 12.0 Å². The molecule has 3 rings (SSSR count). The van der Waals surface area contributed by atoms with E-state index in [0.717, 1.165) is 16.9 Å². The lowest BCUT2D eigenvalue weighted by atomic mass is 10.0. The van der Waals surface area contributed by atoms with Crippen LogP contribution in [0.5, 0.6) is 5.75 Å². The van der Waals surface area contributed by atoms with E-state index in [1.807, 2.05) is 60.7 Å². The third kappa shape index (κ3) is 6.85. The van der Waals surface area contributed by atoms with Crippen molar-refractivity contribution in [3.05, 3.63) is 113 Å². The number of allylic oxidation sites excluding steroid dienone is 2. The number of hydrogen-bond acceptors (Lipinski definition) is 4. The maximum absolute atomic E-state index is 12.3. The van der Waals surface area contributed by atoms with Gasteiger partial charge in [-0.2, -0.15) is 0 Å². The molecule has 0 heterocycles. The van der Waals surface area contributed by atoms with Gasteiger partial charge in [-0.05, 0) is 30.2 Å². The molecule has 0 radical (unpaired) electrons. The van der Waals surface area contributed by atoms with Crippen LogP contribution in [-0.2, 0) is 17.8 Å². The summed E-state index contributed by atoms with van der Waals surface area (Å²) < 4.78 is 5.77. The molecular formula is C26H25NO4. The van der Waals surface area contributed by atoms with Gasteiger partial charge in [-0.25, -0.2) is 4.79 Å². The molecule has 0 aliphatic rings. The Bertz CT molecular complexity index is 1030. The molecule has 3 aromatic carbocycles. The number of carboxylic acid groups (broad SMARTS) is 1. The Hall–Kier alpha value is -3.86. The number of rotatable bonds is 10. The average molecular weight is 415 g/mol. The molecule has 0 spiro atoms. The van der Waals surface area contributed by atoms with Crippen molar-refractivity contribution in [3.63, 3.8) is 0 Å². The third-order valence-corrected chi connectivity index (χ3v) is 4.72. The molecule has 0 aliphatic heterocycles. The van der Waals surface area contributed by atoms with Crippen LogP contribution < -0.4 is 10.1 Å². The number of ether oxygens (including phenoxy) is 1. The topological polar surface area (TPSA) is 75.6 Å². The minimum absolute atomic E-state index is 0.172. The highest BCUT2D eigenvalue weighted by Gasteiger charge is 2.18. The van der Waals surface area contributed by atoms with Crippen molar-refractivity contribution >= 4 is 11.8 Å². The van der Waals surface area contributed by atoms with Gasteiger partial charge in [-0.1, -0.05) is 72.8 Å². The number of carbonyl (C=O) groups excluding carboxylic acids is 1. The van der Waals surface area contributed by atoms with Crippen LogP contribution >= 0.6 is 0 Å². The quantitative estimate of drug-likeness (QED) is 0.373. The van der Waals surface area contributed by atoms with E-state index in [2.05, 4.69) is 5.32 Å². The summed E-state index contributed by atoms with van der Waals surface area (Å²) in [4.78, 5) is 24.0. The van der Waals surface area contributed by atoms with Gasteiger partial charge in [0.2, 0.25) is 0 Å². The van der Waals surface area contributed by atoms with Gasteiger partial charge in [0.1, 0.15) is 18.4 Å². The normalized spacial score (nSPS) is 12.1. The molecule has 0 saturated carbocycles. The molecule has 0 saturated heterocycles. The van der Waals surface area contributed by atoms with Gasteiger partial charge in [0.25, 0.3) is 0 Å². The van der Waals surface area contributed by atoms with Crippen LogP contribution in [0, 0.1) is 0 Å². The van der Waals surface area contributed by atoms with Crippen molar-refractivity contribution in [2.24, 2.45) is 0 Å². The third-order valence-electron chi connectivity index (χ3n) is 4.72. The molecule has 0 amide bonds. The number of nitrogens with one attached hydrogen (secondary N) is 1. The SMILES string of the molecule is C/C(=C/C(=O)c1ccccc1)N[C@H](Cc1ccc(OCc2ccccc2)cc1)C(=O)O. The maximum Gasteiger partial charge on any atom is 0.326 e. The maximum atomic E-state index is 12.3. The summed E-state index contributed by atoms with van der Waals surface area (Å²) in [5.41, 5.74) is 2.99. The van der Waals surface area contributed by atoms with Crippen LogP contribution in [0.1, 0.15) is 28.4 Å². The van der Waals surface area contributed by atoms with E-state index in [4.69, 9.17) is 4.74 Å². The van der Waals surface area contributed by atoms with E-state index >= 15 is 0 Å². The highest BCUT2D eigenvalue weighted by atomic mass is 16.5. The first kappa shape index (κ1) is 21.8. The highest BCUT2D eigenvalue weighted by Crippen LogP contribution is 2.16. The summed E-state index contributed by atoms with van der Waals surface area (Å²) in [6, 6.07) is 25.3. The average Bonchev–Trinajstić information content (AvgIpc) is 2.79. The van der Waals surface area contributed by atoms with Gasteiger partial charge in [0.05, 0.1) is 0 Å². The fraction of sp³-hybridized carbons (Fsp3) is 0.154. The molecular weight excluding hydrogens is 390 g/mol. The van der Waals surface area contributed by atoms with Gasteiger partial charge in [-0.3, -0.25) is 4.79 Å². The lowest BCUT2D eigenvalue weighted by molar-refractivity contribution is -0.139. The van der Waals surface area contributed by atoms with Crippen molar-refractivity contribution in [2.45, 2.75) is 26.0 Å². The standard InChI is InChI=1S/C26H25NO4/c1-19(16-25(28)22-10-6-3-7-11-22)27-24(26(29)30)17-20-12-14-23(15-13-20)31-18-21-8-4-2-5-9-21/h2-16,24,27H,17-18H2,1H3,(H,29,30)/b19-16-/t24-/m1/s1. The van der Waals surface area contributed by atoms with Gasteiger partial charge >= 0.3 is 5.97 Å². The molecule has 2 N–H and O–H groups in total. The first-order valence-electron chi connectivity index (χ1n) is 10.0. The molecule has 1 atom stereocenters. The zero-order chi connectivity index (χ0) is 22.1. The van der Waals surface area contributed by atoms with Gasteiger partial charge in [-0.15, -0.1) is 0 Å². The summed E-state index contributed by atoms with van der Waals surface area (Å²) in [7, 11) is 0. The van der Waals surface area contributed by atoms with Crippen LogP contribution in [0.2, 0.25) is 0 Å². The summed E-state index contributed by atoms with van der Waals surface area (Å²) in [6.45, 7) is 2.16. The highest BCUT2D eigenvalue weighted by molar-refractivity contribution is 6.04. The summed E-state index contributed by atoms with van der Waals surface area (Å²) in [6.07, 6.45) is 1.70. The Morgan fingerprint density at radius 1 is 0.903 bits per heavy atom. The van der Waals surface area contributed by atoms with Crippen LogP contribution in [0.25, 0.3) is 0 Å². The lowest BCUT2D eigenvalue weighted by Gasteiger charge is -2.16. The number of aliphatic carboxylic acids is 1. The molecule has 5 heteroatoms. The Kier molecular flexibility index (Phi) is 7.60. The monoisotopic (exact) mass is 415 g/mol. The molecule has 0 unspecified atom stereocenters. The molecule has 3 aromatic rings. The van der Waals surface area contributed by atoms with Crippen LogP contribution in [0.15, 0.2) is 96.7 Å². The van der Waals surface area contributed by atoms with Crippen molar-refractivity contribution in [1.82, 2.24) is 5.32 Å². The number of carboxylic acids is 1. The molecule has 5 nitrogen and oxygen atoms in total. The Labute approximate surface area is 182 Å². The number of benzene rings is 3. The first-order chi connectivity index (χ1) is 15.0. The van der Waals surface area contributed by atoms with Crippen LogP contribution in [-0.4, -0.2) is 22.9 Å². The fourth-order valence-electron chi connectivity index (χ4n) is 3.10. The second-order valence-corrected chi connectivity index (χ2v) is 7.22. The Balaban J connectivity index is 1.58. The largest absolute Gasteiger partial charge is 0.489 e. The smallest absolute Gasteiger partial charge is 0.326 e. The zero-order valence-electron chi connectivity index (χ0n) is 17.3. The Morgan fingerprint density at radius 2 is 1.52 bits per heavy atom. The molecule has 0 aliphatic carbocycles. The predicted molar refractivity (Wildman–Crippen MR) is 120 cm³/mol. The van der Waals surface area contributed by atoms with Crippen molar-refractivity contribution in [1.29, 1.82) is 0 Å². The summed E-state index contributed by atoms with van der Waals surface area (Å²) >= 11 is 0. The molecule has 0 aromatic heterocycles. The number of carbonyl (C=O) groups is 2. The van der Waals surface area contributed by atoms with Crippen LogP contribution in [0.4, 0.5) is 0 Å². The second kappa shape index (κ2) is 10.8. The number of ketones is 1. The second-order valence-electron chi connectivity index (χ2n) is 7.22. The van der Waals surface area contributed by atoms with Gasteiger partial charge < -0.3 is 15.2 Å². The van der Waals surface area contributed by atoms with Crippen molar-refractivity contribution in [3.8, 4) is 5.75 Å². The van der Waals surface area contributed by atoms with Gasteiger partial charge in [0.15, 0.2) is 5.78 Å². The zero-order valence-corrected chi connectivity index (χ0v) is 17.3. The first-order valence-corrected chi connectivity index (χ1v) is 10.0. The minimum atomic E-state index is -0.982. The van der Waals surface area contributed by atoms with Gasteiger partial charge in [0, 0.05) is 23.8 Å². The molecule has 158 valence electrons. The number of hydrogen-bond donors (Lipinski definition) is 2. The van der Waals surface area contributed by atoms with E-state index in [9.17, 15) is 14.7 Å². The Morgan fingerprint density at radius 3 is 2.13 bits per heavy atom.